The second kappa shape index (κ2) is 13.3. The van der Waals surface area contributed by atoms with Crippen LogP contribution in [-0.2, 0) is 11.2 Å². The van der Waals surface area contributed by atoms with Gasteiger partial charge in [0.15, 0.2) is 5.78 Å². The molecule has 6 nitrogen and oxygen atoms in total. The van der Waals surface area contributed by atoms with Crippen molar-refractivity contribution in [2.45, 2.75) is 36.6 Å². The van der Waals surface area contributed by atoms with Crippen molar-refractivity contribution in [2.24, 2.45) is 0 Å². The summed E-state index contributed by atoms with van der Waals surface area (Å²) in [4.78, 5) is 31.1. The first kappa shape index (κ1) is 26.7. The molecule has 0 saturated carbocycles. The molecule has 0 radical (unpaired) electrons. The van der Waals surface area contributed by atoms with E-state index in [1.807, 2.05) is 60.2 Å². The quantitative estimate of drug-likeness (QED) is 0.253. The summed E-state index contributed by atoms with van der Waals surface area (Å²) in [5.41, 5.74) is 3.16. The van der Waals surface area contributed by atoms with Gasteiger partial charge in [0.2, 0.25) is 0 Å². The molecule has 4 rings (SSSR count). The third-order valence-corrected chi connectivity index (χ3v) is 8.05. The lowest BCUT2D eigenvalue weighted by Crippen LogP contribution is -2.42. The average Bonchev–Trinajstić information content (AvgIpc) is 3.57. The number of rotatable bonds is 12. The predicted octanol–water partition coefficient (Wildman–Crippen LogP) is 4.55. The summed E-state index contributed by atoms with van der Waals surface area (Å²) < 4.78 is 0. The molecule has 0 unspecified atom stereocenters. The summed E-state index contributed by atoms with van der Waals surface area (Å²) >= 11 is 7.70. The van der Waals surface area contributed by atoms with Gasteiger partial charge in [-0.2, -0.15) is 24.4 Å². The Bertz CT molecular complexity index is 1140. The highest BCUT2D eigenvalue weighted by Crippen LogP contribution is 2.29. The number of carbonyl (C=O) groups excluding carboxylic acids is 2. The molecule has 0 spiro atoms. The normalized spacial score (nSPS) is 18.1. The number of thiazole rings is 1. The van der Waals surface area contributed by atoms with Crippen molar-refractivity contribution in [3.05, 3.63) is 71.2 Å². The number of benzene rings is 2. The minimum absolute atomic E-state index is 0.0178. The van der Waals surface area contributed by atoms with E-state index in [1.165, 1.54) is 11.3 Å². The summed E-state index contributed by atoms with van der Waals surface area (Å²) in [6.07, 6.45) is 5.65. The number of amides is 1. The molecule has 1 amide bonds. The topological polar surface area (TPSA) is 83.1 Å². The van der Waals surface area contributed by atoms with Crippen LogP contribution in [0.5, 0.6) is 0 Å². The van der Waals surface area contributed by atoms with Gasteiger partial charge in [0.25, 0.3) is 5.91 Å². The molecule has 0 bridgehead atoms. The minimum Gasteiger partial charge on any atom is -0.383 e. The first-order valence-electron chi connectivity index (χ1n) is 12.1. The fourth-order valence-corrected chi connectivity index (χ4v) is 5.79. The van der Waals surface area contributed by atoms with Crippen LogP contribution in [0.4, 0.5) is 5.69 Å². The molecule has 1 fully saturated rings. The standard InChI is InChI=1S/C27H32N4O2S3/c1-35-11-9-24(25(32)13-18-5-3-2-4-6-18)31-26(33)22-8-7-19(15-23(22)27-28-10-12-36-27)29-16-20-14-21(34)17-30-20/h2-8,10,12,15,20-21,24,29-30,34H,9,11,13-14,16-17H2,1H3,(H,31,33)/t20-,21-,24-/m0/s1. The van der Waals surface area contributed by atoms with Crippen molar-refractivity contribution in [1.29, 1.82) is 0 Å². The fourth-order valence-electron chi connectivity index (χ4n) is 4.29. The zero-order chi connectivity index (χ0) is 25.3. The maximum atomic E-state index is 13.5. The van der Waals surface area contributed by atoms with E-state index in [-0.39, 0.29) is 11.7 Å². The second-order valence-corrected chi connectivity index (χ2v) is 11.5. The van der Waals surface area contributed by atoms with Gasteiger partial charge in [-0.05, 0) is 48.6 Å². The molecule has 9 heteroatoms. The van der Waals surface area contributed by atoms with Crippen LogP contribution in [0.25, 0.3) is 10.6 Å². The monoisotopic (exact) mass is 540 g/mol. The summed E-state index contributed by atoms with van der Waals surface area (Å²) in [5, 5.41) is 13.0. The van der Waals surface area contributed by atoms with Crippen molar-refractivity contribution in [3.8, 4) is 10.6 Å². The van der Waals surface area contributed by atoms with Crippen LogP contribution in [0, 0.1) is 0 Å². The number of anilines is 1. The van der Waals surface area contributed by atoms with Crippen molar-refractivity contribution >= 4 is 53.1 Å². The van der Waals surface area contributed by atoms with Gasteiger partial charge in [-0.15, -0.1) is 11.3 Å². The van der Waals surface area contributed by atoms with E-state index >= 15 is 0 Å². The van der Waals surface area contributed by atoms with Crippen LogP contribution in [0.1, 0.15) is 28.8 Å². The van der Waals surface area contributed by atoms with Crippen LogP contribution in [0.2, 0.25) is 0 Å². The van der Waals surface area contributed by atoms with Gasteiger partial charge < -0.3 is 16.0 Å². The minimum atomic E-state index is -0.547. The number of nitrogens with one attached hydrogen (secondary N) is 3. The van der Waals surface area contributed by atoms with Gasteiger partial charge >= 0.3 is 0 Å². The number of nitrogens with zero attached hydrogens (tertiary/aromatic N) is 1. The Morgan fingerprint density at radius 3 is 2.78 bits per heavy atom. The van der Waals surface area contributed by atoms with Gasteiger partial charge in [-0.3, -0.25) is 9.59 Å². The first-order valence-corrected chi connectivity index (χ1v) is 14.9. The number of carbonyl (C=O) groups is 2. The number of Topliss-reactive ketones (excluding diaryl/α,β-unsaturated/α-hetero) is 1. The lowest BCUT2D eigenvalue weighted by molar-refractivity contribution is -0.120. The number of hydrogen-bond donors (Lipinski definition) is 4. The van der Waals surface area contributed by atoms with E-state index in [0.29, 0.717) is 29.7 Å². The summed E-state index contributed by atoms with van der Waals surface area (Å²) in [6.45, 7) is 1.70. The van der Waals surface area contributed by atoms with Crippen LogP contribution < -0.4 is 16.0 Å². The Kier molecular flexibility index (Phi) is 9.86. The van der Waals surface area contributed by atoms with E-state index in [0.717, 1.165) is 47.1 Å². The van der Waals surface area contributed by atoms with Crippen LogP contribution in [-0.4, -0.2) is 59.1 Å². The summed E-state index contributed by atoms with van der Waals surface area (Å²) in [6, 6.07) is 15.2. The van der Waals surface area contributed by atoms with Crippen LogP contribution in [0.15, 0.2) is 60.1 Å². The molecular weight excluding hydrogens is 509 g/mol. The van der Waals surface area contributed by atoms with E-state index in [1.54, 1.807) is 18.0 Å². The molecule has 1 aliphatic rings. The predicted molar refractivity (Wildman–Crippen MR) is 155 cm³/mol. The Morgan fingerprint density at radius 2 is 2.08 bits per heavy atom. The van der Waals surface area contributed by atoms with Gasteiger partial charge in [0.1, 0.15) is 5.01 Å². The van der Waals surface area contributed by atoms with Crippen molar-refractivity contribution in [3.63, 3.8) is 0 Å². The molecule has 2 heterocycles. The third kappa shape index (κ3) is 7.35. The SMILES string of the molecule is CSCC[C@H](NC(=O)c1ccc(NC[C@@H]2C[C@H](S)CN2)cc1-c1nccs1)C(=O)Cc1ccccc1. The molecule has 3 atom stereocenters. The summed E-state index contributed by atoms with van der Waals surface area (Å²) in [5.74, 6) is 0.551. The molecule has 3 N–H and O–H groups in total. The Hall–Kier alpha value is -2.33. The zero-order valence-corrected chi connectivity index (χ0v) is 22.8. The molecule has 1 aliphatic heterocycles. The fraction of sp³-hybridized carbons (Fsp3) is 0.370. The molecule has 36 heavy (non-hydrogen) atoms. The maximum absolute atomic E-state index is 13.5. The molecular formula is C27H32N4O2S3. The smallest absolute Gasteiger partial charge is 0.252 e. The highest BCUT2D eigenvalue weighted by molar-refractivity contribution is 7.98. The van der Waals surface area contributed by atoms with Crippen molar-refractivity contribution in [2.75, 3.05) is 30.4 Å². The van der Waals surface area contributed by atoms with Gasteiger partial charge in [0, 0.05) is 59.2 Å². The third-order valence-electron chi connectivity index (χ3n) is 6.20. The zero-order valence-electron chi connectivity index (χ0n) is 20.3. The largest absolute Gasteiger partial charge is 0.383 e. The van der Waals surface area contributed by atoms with E-state index < -0.39 is 6.04 Å². The van der Waals surface area contributed by atoms with Crippen LogP contribution >= 0.6 is 35.7 Å². The summed E-state index contributed by atoms with van der Waals surface area (Å²) in [7, 11) is 0. The highest BCUT2D eigenvalue weighted by Gasteiger charge is 2.24. The molecule has 1 aromatic heterocycles. The number of thiol groups is 1. The van der Waals surface area contributed by atoms with Crippen molar-refractivity contribution < 1.29 is 9.59 Å². The Balaban J connectivity index is 1.50. The first-order chi connectivity index (χ1) is 17.5. The molecule has 1 saturated heterocycles. The highest BCUT2D eigenvalue weighted by atomic mass is 32.2. The maximum Gasteiger partial charge on any atom is 0.252 e. The molecule has 190 valence electrons. The lowest BCUT2D eigenvalue weighted by Gasteiger charge is -2.19. The van der Waals surface area contributed by atoms with E-state index in [4.69, 9.17) is 0 Å². The average molecular weight is 541 g/mol. The molecule has 0 aliphatic carbocycles. The van der Waals surface area contributed by atoms with Crippen molar-refractivity contribution in [1.82, 2.24) is 15.6 Å². The number of hydrogen-bond acceptors (Lipinski definition) is 8. The van der Waals surface area contributed by atoms with E-state index in [2.05, 4.69) is 33.6 Å². The number of aromatic nitrogens is 1. The molecule has 2 aromatic carbocycles. The Morgan fingerprint density at radius 1 is 1.25 bits per heavy atom. The van der Waals surface area contributed by atoms with Gasteiger partial charge in [-0.25, -0.2) is 4.98 Å². The van der Waals surface area contributed by atoms with Crippen LogP contribution in [0.3, 0.4) is 0 Å². The lowest BCUT2D eigenvalue weighted by atomic mass is 10.0. The van der Waals surface area contributed by atoms with Gasteiger partial charge in [-0.1, -0.05) is 30.3 Å². The Labute approximate surface area is 226 Å². The number of thioether (sulfide) groups is 1. The van der Waals surface area contributed by atoms with Gasteiger partial charge in [0.05, 0.1) is 6.04 Å². The number of ketones is 1. The molecule has 3 aromatic rings. The van der Waals surface area contributed by atoms with E-state index in [9.17, 15) is 9.59 Å². The second-order valence-electron chi connectivity index (χ2n) is 8.91.